The summed E-state index contributed by atoms with van der Waals surface area (Å²) in [5.74, 6) is 0.711. The van der Waals surface area contributed by atoms with Crippen molar-refractivity contribution in [2.45, 2.75) is 57.3 Å². The minimum Gasteiger partial charge on any atom is -0.411 e. The average molecular weight is 238 g/mol. The van der Waals surface area contributed by atoms with E-state index in [1.54, 1.807) is 0 Å². The Labute approximate surface area is 102 Å². The SMILES string of the molecule is C=CC[Si](C)(C)OC(C=C)C1CCCCC1. The Morgan fingerprint density at radius 1 is 1.25 bits per heavy atom. The molecule has 0 heterocycles. The Morgan fingerprint density at radius 2 is 1.88 bits per heavy atom. The van der Waals surface area contributed by atoms with Crippen molar-refractivity contribution in [2.75, 3.05) is 0 Å². The first-order valence-electron chi connectivity index (χ1n) is 6.50. The van der Waals surface area contributed by atoms with E-state index in [1.807, 2.05) is 12.2 Å². The van der Waals surface area contributed by atoms with Crippen molar-refractivity contribution in [1.82, 2.24) is 0 Å². The van der Waals surface area contributed by atoms with E-state index in [9.17, 15) is 0 Å². The van der Waals surface area contributed by atoms with Gasteiger partial charge in [0.25, 0.3) is 0 Å². The van der Waals surface area contributed by atoms with Crippen LogP contribution in [-0.4, -0.2) is 14.4 Å². The quantitative estimate of drug-likeness (QED) is 0.488. The number of allylic oxidation sites excluding steroid dienone is 1. The maximum Gasteiger partial charge on any atom is 0.191 e. The van der Waals surface area contributed by atoms with E-state index in [4.69, 9.17) is 4.43 Å². The normalized spacial score (nSPS) is 20.4. The molecule has 92 valence electrons. The highest BCUT2D eigenvalue weighted by molar-refractivity contribution is 6.71. The number of hydrogen-bond donors (Lipinski definition) is 0. The standard InChI is InChI=1S/C14H26OSi/c1-5-12-16(3,4)15-14(6-2)13-10-8-7-9-11-13/h5-6,13-14H,1-2,7-12H2,3-4H3. The second-order valence-corrected chi connectivity index (χ2v) is 9.63. The summed E-state index contributed by atoms with van der Waals surface area (Å²) in [6, 6.07) is 1.03. The molecule has 1 aliphatic rings. The fourth-order valence-corrected chi connectivity index (χ4v) is 4.38. The highest BCUT2D eigenvalue weighted by atomic mass is 28.4. The highest BCUT2D eigenvalue weighted by Gasteiger charge is 2.29. The molecule has 0 aromatic heterocycles. The van der Waals surface area contributed by atoms with Crippen LogP contribution in [0.2, 0.25) is 19.1 Å². The van der Waals surface area contributed by atoms with Gasteiger partial charge < -0.3 is 4.43 Å². The maximum atomic E-state index is 6.32. The smallest absolute Gasteiger partial charge is 0.191 e. The summed E-state index contributed by atoms with van der Waals surface area (Å²) in [4.78, 5) is 0. The number of rotatable bonds is 6. The lowest BCUT2D eigenvalue weighted by Crippen LogP contribution is -2.38. The molecular weight excluding hydrogens is 212 g/mol. The van der Waals surface area contributed by atoms with E-state index >= 15 is 0 Å². The van der Waals surface area contributed by atoms with Crippen LogP contribution in [0, 0.1) is 5.92 Å². The predicted octanol–water partition coefficient (Wildman–Crippen LogP) is 4.53. The van der Waals surface area contributed by atoms with Gasteiger partial charge in [0, 0.05) is 0 Å². The molecule has 2 heteroatoms. The molecule has 0 radical (unpaired) electrons. The molecule has 1 atom stereocenters. The molecular formula is C14H26OSi. The molecule has 0 bridgehead atoms. The third kappa shape index (κ3) is 4.26. The summed E-state index contributed by atoms with van der Waals surface area (Å²) in [7, 11) is -1.56. The maximum absolute atomic E-state index is 6.32. The summed E-state index contributed by atoms with van der Waals surface area (Å²) < 4.78 is 6.32. The molecule has 1 nitrogen and oxygen atoms in total. The zero-order valence-electron chi connectivity index (χ0n) is 10.9. The van der Waals surface area contributed by atoms with Crippen LogP contribution < -0.4 is 0 Å². The van der Waals surface area contributed by atoms with Gasteiger partial charge in [-0.25, -0.2) is 0 Å². The molecule has 0 spiro atoms. The fraction of sp³-hybridized carbons (Fsp3) is 0.714. The van der Waals surface area contributed by atoms with Gasteiger partial charge in [0.05, 0.1) is 6.10 Å². The molecule has 1 saturated carbocycles. The zero-order chi connectivity index (χ0) is 12.0. The van der Waals surface area contributed by atoms with Crippen molar-refractivity contribution >= 4 is 8.32 Å². The van der Waals surface area contributed by atoms with Crippen LogP contribution in [0.4, 0.5) is 0 Å². The van der Waals surface area contributed by atoms with Gasteiger partial charge >= 0.3 is 0 Å². The monoisotopic (exact) mass is 238 g/mol. The van der Waals surface area contributed by atoms with Crippen molar-refractivity contribution < 1.29 is 4.43 Å². The van der Waals surface area contributed by atoms with Gasteiger partial charge in [0.2, 0.25) is 0 Å². The van der Waals surface area contributed by atoms with Crippen LogP contribution >= 0.6 is 0 Å². The van der Waals surface area contributed by atoms with Gasteiger partial charge in [-0.15, -0.1) is 13.2 Å². The predicted molar refractivity (Wildman–Crippen MR) is 74.1 cm³/mol. The molecule has 0 aromatic rings. The van der Waals surface area contributed by atoms with Crippen molar-refractivity contribution in [1.29, 1.82) is 0 Å². The van der Waals surface area contributed by atoms with Crippen LogP contribution in [0.25, 0.3) is 0 Å². The molecule has 1 rings (SSSR count). The second kappa shape index (κ2) is 6.41. The van der Waals surface area contributed by atoms with Crippen LogP contribution in [0.15, 0.2) is 25.3 Å². The molecule has 1 unspecified atom stereocenters. The van der Waals surface area contributed by atoms with Gasteiger partial charge in [-0.2, -0.15) is 0 Å². The Kier molecular flexibility index (Phi) is 5.49. The van der Waals surface area contributed by atoms with E-state index < -0.39 is 8.32 Å². The number of hydrogen-bond acceptors (Lipinski definition) is 1. The summed E-state index contributed by atoms with van der Waals surface area (Å²) >= 11 is 0. The third-order valence-electron chi connectivity index (χ3n) is 3.44. The first-order valence-corrected chi connectivity index (χ1v) is 9.62. The van der Waals surface area contributed by atoms with Crippen molar-refractivity contribution in [3.05, 3.63) is 25.3 Å². The molecule has 0 aromatic carbocycles. The van der Waals surface area contributed by atoms with Gasteiger partial charge in [-0.3, -0.25) is 0 Å². The minimum atomic E-state index is -1.56. The summed E-state index contributed by atoms with van der Waals surface area (Å²) in [5.41, 5.74) is 0. The van der Waals surface area contributed by atoms with Crippen molar-refractivity contribution in [2.24, 2.45) is 5.92 Å². The lowest BCUT2D eigenvalue weighted by Gasteiger charge is -2.34. The zero-order valence-corrected chi connectivity index (χ0v) is 11.9. The Balaban J connectivity index is 2.52. The van der Waals surface area contributed by atoms with Gasteiger partial charge in [0.15, 0.2) is 8.32 Å². The van der Waals surface area contributed by atoms with E-state index in [-0.39, 0.29) is 6.10 Å². The third-order valence-corrected chi connectivity index (χ3v) is 5.62. The van der Waals surface area contributed by atoms with Gasteiger partial charge in [0.1, 0.15) is 0 Å². The van der Waals surface area contributed by atoms with E-state index in [0.29, 0.717) is 5.92 Å². The van der Waals surface area contributed by atoms with Crippen LogP contribution in [0.5, 0.6) is 0 Å². The minimum absolute atomic E-state index is 0.280. The Morgan fingerprint density at radius 3 is 2.38 bits per heavy atom. The van der Waals surface area contributed by atoms with E-state index in [1.165, 1.54) is 32.1 Å². The van der Waals surface area contributed by atoms with Crippen molar-refractivity contribution in [3.8, 4) is 0 Å². The first kappa shape index (κ1) is 13.7. The summed E-state index contributed by atoms with van der Waals surface area (Å²) in [5, 5.41) is 0. The molecule has 1 fully saturated rings. The Bertz CT molecular complexity index is 229. The lowest BCUT2D eigenvalue weighted by atomic mass is 9.85. The van der Waals surface area contributed by atoms with Crippen LogP contribution in [-0.2, 0) is 4.43 Å². The molecule has 0 saturated heterocycles. The molecule has 1 aliphatic carbocycles. The van der Waals surface area contributed by atoms with Crippen molar-refractivity contribution in [3.63, 3.8) is 0 Å². The van der Waals surface area contributed by atoms with Gasteiger partial charge in [-0.05, 0) is 37.9 Å². The molecule has 0 aliphatic heterocycles. The van der Waals surface area contributed by atoms with E-state index in [0.717, 1.165) is 6.04 Å². The second-order valence-electron chi connectivity index (χ2n) is 5.47. The topological polar surface area (TPSA) is 9.23 Å². The molecule has 0 N–H and O–H groups in total. The fourth-order valence-electron chi connectivity index (χ4n) is 2.56. The summed E-state index contributed by atoms with van der Waals surface area (Å²) in [6.07, 6.45) is 11.0. The highest BCUT2D eigenvalue weighted by Crippen LogP contribution is 2.30. The van der Waals surface area contributed by atoms with Crippen LogP contribution in [0.3, 0.4) is 0 Å². The van der Waals surface area contributed by atoms with Crippen LogP contribution in [0.1, 0.15) is 32.1 Å². The summed E-state index contributed by atoms with van der Waals surface area (Å²) in [6.45, 7) is 12.3. The molecule has 0 amide bonds. The lowest BCUT2D eigenvalue weighted by molar-refractivity contribution is 0.140. The molecule has 16 heavy (non-hydrogen) atoms. The Hall–Kier alpha value is -0.343. The average Bonchev–Trinajstić information content (AvgIpc) is 2.27. The first-order chi connectivity index (χ1) is 7.59. The van der Waals surface area contributed by atoms with E-state index in [2.05, 4.69) is 26.3 Å². The largest absolute Gasteiger partial charge is 0.411 e. The van der Waals surface area contributed by atoms with Gasteiger partial charge in [-0.1, -0.05) is 31.4 Å².